The average molecular weight is 171 g/mol. The molecule has 3 N–H and O–H groups in total. The van der Waals surface area contributed by atoms with Gasteiger partial charge in [0.15, 0.2) is 0 Å². The summed E-state index contributed by atoms with van der Waals surface area (Å²) in [6.07, 6.45) is 0. The van der Waals surface area contributed by atoms with Gasteiger partial charge in [-0.3, -0.25) is 0 Å². The number of hydrogen-bond donors (Lipinski definition) is 2. The molecular weight excluding hydrogens is 162 g/mol. The molecule has 0 aliphatic rings. The quantitative estimate of drug-likeness (QED) is 0.708. The van der Waals surface area contributed by atoms with Crippen molar-refractivity contribution < 1.29 is 9.90 Å². The highest BCUT2D eigenvalue weighted by molar-refractivity contribution is 7.08. The third kappa shape index (κ3) is 1.58. The topological polar surface area (TPSA) is 63.3 Å². The third-order valence-electron chi connectivity index (χ3n) is 1.41. The van der Waals surface area contributed by atoms with E-state index in [0.29, 0.717) is 11.1 Å². The van der Waals surface area contributed by atoms with Crippen molar-refractivity contribution in [1.29, 1.82) is 0 Å². The van der Waals surface area contributed by atoms with Crippen molar-refractivity contribution >= 4 is 17.3 Å². The van der Waals surface area contributed by atoms with E-state index in [2.05, 4.69) is 0 Å². The van der Waals surface area contributed by atoms with Gasteiger partial charge in [0.1, 0.15) is 0 Å². The van der Waals surface area contributed by atoms with Crippen molar-refractivity contribution in [3.8, 4) is 0 Å². The molecule has 1 atom stereocenters. The van der Waals surface area contributed by atoms with Gasteiger partial charge in [-0.05, 0) is 17.9 Å². The lowest BCUT2D eigenvalue weighted by Crippen LogP contribution is -2.08. The van der Waals surface area contributed by atoms with Crippen LogP contribution in [-0.2, 0) is 0 Å². The molecular formula is C7H9NO2S. The van der Waals surface area contributed by atoms with Gasteiger partial charge in [-0.2, -0.15) is 11.3 Å². The van der Waals surface area contributed by atoms with Gasteiger partial charge in [0.05, 0.1) is 5.56 Å². The highest BCUT2D eigenvalue weighted by Crippen LogP contribution is 2.20. The first-order valence-electron chi connectivity index (χ1n) is 3.18. The van der Waals surface area contributed by atoms with Gasteiger partial charge < -0.3 is 10.8 Å². The number of aromatic carboxylic acids is 1. The summed E-state index contributed by atoms with van der Waals surface area (Å²) in [5.41, 5.74) is 6.57. The highest BCUT2D eigenvalue weighted by Gasteiger charge is 2.12. The third-order valence-corrected chi connectivity index (χ3v) is 2.17. The van der Waals surface area contributed by atoms with E-state index in [0.717, 1.165) is 0 Å². The minimum Gasteiger partial charge on any atom is -0.478 e. The standard InChI is InChI=1S/C7H9NO2S/c1-4(8)5-2-11-3-6(5)7(9)10/h2-4H,8H2,1H3,(H,9,10)/t4-/m1/s1. The maximum absolute atomic E-state index is 10.5. The van der Waals surface area contributed by atoms with Gasteiger partial charge in [-0.15, -0.1) is 0 Å². The molecule has 0 bridgehead atoms. The summed E-state index contributed by atoms with van der Waals surface area (Å²) in [5.74, 6) is -0.904. The van der Waals surface area contributed by atoms with E-state index in [1.54, 1.807) is 17.7 Å². The number of carboxylic acids is 1. The van der Waals surface area contributed by atoms with Crippen LogP contribution in [0.15, 0.2) is 10.8 Å². The molecule has 60 valence electrons. The fraction of sp³-hybridized carbons (Fsp3) is 0.286. The van der Waals surface area contributed by atoms with Crippen LogP contribution in [0.1, 0.15) is 28.9 Å². The first-order valence-corrected chi connectivity index (χ1v) is 4.12. The fourth-order valence-electron chi connectivity index (χ4n) is 0.833. The maximum atomic E-state index is 10.5. The summed E-state index contributed by atoms with van der Waals surface area (Å²) in [4.78, 5) is 10.5. The SMILES string of the molecule is C[C@@H](N)c1cscc1C(=O)O. The van der Waals surface area contributed by atoms with Gasteiger partial charge in [0, 0.05) is 11.4 Å². The molecule has 1 rings (SSSR count). The summed E-state index contributed by atoms with van der Waals surface area (Å²) in [6.45, 7) is 1.77. The Labute approximate surface area is 68.5 Å². The lowest BCUT2D eigenvalue weighted by molar-refractivity contribution is 0.0696. The molecule has 0 amide bonds. The number of rotatable bonds is 2. The van der Waals surface area contributed by atoms with E-state index < -0.39 is 5.97 Å². The summed E-state index contributed by atoms with van der Waals surface area (Å²) in [5, 5.41) is 12.0. The van der Waals surface area contributed by atoms with Gasteiger partial charge in [0.25, 0.3) is 0 Å². The molecule has 0 saturated heterocycles. The Morgan fingerprint density at radius 3 is 2.73 bits per heavy atom. The van der Waals surface area contributed by atoms with Gasteiger partial charge in [0.2, 0.25) is 0 Å². The number of hydrogen-bond acceptors (Lipinski definition) is 3. The first kappa shape index (κ1) is 8.23. The molecule has 3 nitrogen and oxygen atoms in total. The molecule has 0 fully saturated rings. The Balaban J connectivity index is 3.06. The van der Waals surface area contributed by atoms with Gasteiger partial charge >= 0.3 is 5.97 Å². The normalized spacial score (nSPS) is 12.9. The second kappa shape index (κ2) is 3.02. The summed E-state index contributed by atoms with van der Waals surface area (Å²) in [7, 11) is 0. The Morgan fingerprint density at radius 1 is 1.73 bits per heavy atom. The second-order valence-corrected chi connectivity index (χ2v) is 3.08. The van der Waals surface area contributed by atoms with E-state index in [4.69, 9.17) is 10.8 Å². The van der Waals surface area contributed by atoms with Crippen molar-refractivity contribution in [2.45, 2.75) is 13.0 Å². The van der Waals surface area contributed by atoms with Crippen LogP contribution in [-0.4, -0.2) is 11.1 Å². The van der Waals surface area contributed by atoms with Crippen LogP contribution < -0.4 is 5.73 Å². The predicted octanol–water partition coefficient (Wildman–Crippen LogP) is 1.47. The summed E-state index contributed by atoms with van der Waals surface area (Å²) >= 11 is 1.36. The van der Waals surface area contributed by atoms with Crippen molar-refractivity contribution in [2.75, 3.05) is 0 Å². The van der Waals surface area contributed by atoms with E-state index in [-0.39, 0.29) is 6.04 Å². The fourth-order valence-corrected chi connectivity index (χ4v) is 1.76. The van der Waals surface area contributed by atoms with Crippen LogP contribution >= 0.6 is 11.3 Å². The number of carboxylic acid groups (broad SMARTS) is 1. The zero-order valence-electron chi connectivity index (χ0n) is 6.07. The Hall–Kier alpha value is -0.870. The maximum Gasteiger partial charge on any atom is 0.336 e. The van der Waals surface area contributed by atoms with Crippen LogP contribution in [0.4, 0.5) is 0 Å². The minimum absolute atomic E-state index is 0.202. The molecule has 0 aromatic carbocycles. The number of carbonyl (C=O) groups is 1. The van der Waals surface area contributed by atoms with Crippen LogP contribution in [0.2, 0.25) is 0 Å². The smallest absolute Gasteiger partial charge is 0.336 e. The molecule has 1 heterocycles. The Morgan fingerprint density at radius 2 is 2.36 bits per heavy atom. The van der Waals surface area contributed by atoms with Crippen LogP contribution in [0.25, 0.3) is 0 Å². The molecule has 1 aromatic heterocycles. The molecule has 0 spiro atoms. The molecule has 11 heavy (non-hydrogen) atoms. The lowest BCUT2D eigenvalue weighted by atomic mass is 10.1. The van der Waals surface area contributed by atoms with Gasteiger partial charge in [-0.25, -0.2) is 4.79 Å². The monoisotopic (exact) mass is 171 g/mol. The average Bonchev–Trinajstić information content (AvgIpc) is 2.32. The van der Waals surface area contributed by atoms with Crippen molar-refractivity contribution in [2.24, 2.45) is 5.73 Å². The summed E-state index contributed by atoms with van der Waals surface area (Å²) in [6, 6.07) is -0.202. The predicted molar refractivity (Wildman–Crippen MR) is 43.9 cm³/mol. The highest BCUT2D eigenvalue weighted by atomic mass is 32.1. The van der Waals surface area contributed by atoms with E-state index >= 15 is 0 Å². The molecule has 0 aliphatic heterocycles. The number of thiophene rings is 1. The van der Waals surface area contributed by atoms with Crippen LogP contribution in [0, 0.1) is 0 Å². The lowest BCUT2D eigenvalue weighted by Gasteiger charge is -2.02. The van der Waals surface area contributed by atoms with Crippen molar-refractivity contribution in [3.05, 3.63) is 21.9 Å². The zero-order chi connectivity index (χ0) is 8.43. The summed E-state index contributed by atoms with van der Waals surface area (Å²) < 4.78 is 0. The van der Waals surface area contributed by atoms with Crippen molar-refractivity contribution in [3.63, 3.8) is 0 Å². The molecule has 4 heteroatoms. The molecule has 0 radical (unpaired) electrons. The van der Waals surface area contributed by atoms with Crippen LogP contribution in [0.3, 0.4) is 0 Å². The Kier molecular flexibility index (Phi) is 2.26. The van der Waals surface area contributed by atoms with E-state index in [1.165, 1.54) is 11.3 Å². The number of nitrogens with two attached hydrogens (primary N) is 1. The minimum atomic E-state index is -0.904. The van der Waals surface area contributed by atoms with E-state index in [9.17, 15) is 4.79 Å². The zero-order valence-corrected chi connectivity index (χ0v) is 6.89. The first-order chi connectivity index (χ1) is 5.13. The van der Waals surface area contributed by atoms with Crippen molar-refractivity contribution in [1.82, 2.24) is 0 Å². The largest absolute Gasteiger partial charge is 0.478 e. The van der Waals surface area contributed by atoms with E-state index in [1.807, 2.05) is 0 Å². The van der Waals surface area contributed by atoms with Crippen LogP contribution in [0.5, 0.6) is 0 Å². The molecule has 0 saturated carbocycles. The molecule has 0 unspecified atom stereocenters. The Bertz CT molecular complexity index is 267. The molecule has 1 aromatic rings. The molecule has 0 aliphatic carbocycles. The second-order valence-electron chi connectivity index (χ2n) is 2.33. The van der Waals surface area contributed by atoms with Gasteiger partial charge in [-0.1, -0.05) is 0 Å².